The molecule has 0 amide bonds. The Morgan fingerprint density at radius 2 is 2.31 bits per heavy atom. The summed E-state index contributed by atoms with van der Waals surface area (Å²) in [6, 6.07) is 3.93. The summed E-state index contributed by atoms with van der Waals surface area (Å²) in [5, 5.41) is 0.745. The Morgan fingerprint density at radius 3 is 3.00 bits per heavy atom. The summed E-state index contributed by atoms with van der Waals surface area (Å²) in [6.45, 7) is 0. The molecule has 0 radical (unpaired) electrons. The lowest BCUT2D eigenvalue weighted by Gasteiger charge is -2.05. The van der Waals surface area contributed by atoms with Gasteiger partial charge in [-0.1, -0.05) is 11.6 Å². The minimum absolute atomic E-state index is 0.117. The fraction of sp³-hybridized carbons (Fsp3) is 0.333. The van der Waals surface area contributed by atoms with Crippen LogP contribution in [0.2, 0.25) is 5.02 Å². The van der Waals surface area contributed by atoms with Crippen molar-refractivity contribution in [3.8, 4) is 5.75 Å². The van der Waals surface area contributed by atoms with Crippen molar-refractivity contribution >= 4 is 45.8 Å². The molecule has 0 aromatic heterocycles. The molecule has 70 valence electrons. The topological polar surface area (TPSA) is 9.23 Å². The third-order valence-corrected chi connectivity index (χ3v) is 3.89. The maximum absolute atomic E-state index is 5.96. The molecule has 13 heavy (non-hydrogen) atoms. The van der Waals surface area contributed by atoms with Gasteiger partial charge in [-0.15, -0.1) is 11.6 Å². The average molecular weight is 329 g/mol. The Morgan fingerprint density at radius 1 is 1.54 bits per heavy atom. The molecule has 0 N–H and O–H groups in total. The van der Waals surface area contributed by atoms with Crippen LogP contribution in [0.3, 0.4) is 0 Å². The van der Waals surface area contributed by atoms with Gasteiger partial charge in [0.25, 0.3) is 0 Å². The van der Waals surface area contributed by atoms with Gasteiger partial charge in [0.2, 0.25) is 0 Å². The van der Waals surface area contributed by atoms with E-state index in [1.165, 1.54) is 5.56 Å². The van der Waals surface area contributed by atoms with E-state index < -0.39 is 0 Å². The highest BCUT2D eigenvalue weighted by molar-refractivity contribution is 14.1. The van der Waals surface area contributed by atoms with Crippen LogP contribution in [0.1, 0.15) is 5.56 Å². The third-order valence-electron chi connectivity index (χ3n) is 2.02. The molecule has 0 fully saturated rings. The zero-order valence-corrected chi connectivity index (χ0v) is 10.4. The molecule has 0 saturated carbocycles. The van der Waals surface area contributed by atoms with Crippen molar-refractivity contribution in [2.75, 3.05) is 5.88 Å². The standard InChI is InChI=1S/C9H7Cl2IO/c10-4-6-1-5-2-8(12)7(11)3-9(5)13-6/h2-3,6H,1,4H2/t6-/m0/s1. The predicted molar refractivity (Wildman–Crippen MR) is 63.0 cm³/mol. The second kappa shape index (κ2) is 3.83. The Hall–Kier alpha value is 0.330. The van der Waals surface area contributed by atoms with Crippen molar-refractivity contribution in [1.82, 2.24) is 0 Å². The number of hydrogen-bond acceptors (Lipinski definition) is 1. The first-order valence-electron chi connectivity index (χ1n) is 3.91. The fourth-order valence-corrected chi connectivity index (χ4v) is 2.25. The lowest BCUT2D eigenvalue weighted by atomic mass is 10.1. The van der Waals surface area contributed by atoms with Crippen molar-refractivity contribution in [3.63, 3.8) is 0 Å². The van der Waals surface area contributed by atoms with Crippen molar-refractivity contribution in [2.24, 2.45) is 0 Å². The molecule has 0 bridgehead atoms. The van der Waals surface area contributed by atoms with Crippen LogP contribution in [0.15, 0.2) is 12.1 Å². The van der Waals surface area contributed by atoms with Crippen LogP contribution < -0.4 is 4.74 Å². The quantitative estimate of drug-likeness (QED) is 0.566. The zero-order chi connectivity index (χ0) is 9.42. The first kappa shape index (κ1) is 9.87. The molecule has 1 aromatic carbocycles. The van der Waals surface area contributed by atoms with Gasteiger partial charge in [-0.3, -0.25) is 0 Å². The summed E-state index contributed by atoms with van der Waals surface area (Å²) in [6.07, 6.45) is 1.01. The number of ether oxygens (including phenoxy) is 1. The minimum Gasteiger partial charge on any atom is -0.488 e. The SMILES string of the molecule is ClC[C@@H]1Cc2cc(I)c(Cl)cc2O1. The van der Waals surface area contributed by atoms with E-state index in [1.54, 1.807) is 0 Å². The summed E-state index contributed by atoms with van der Waals surface area (Å²) in [7, 11) is 0. The van der Waals surface area contributed by atoms with E-state index in [1.807, 2.05) is 6.07 Å². The monoisotopic (exact) mass is 328 g/mol. The second-order valence-corrected chi connectivity index (χ2v) is 4.85. The molecule has 1 nitrogen and oxygen atoms in total. The summed E-state index contributed by atoms with van der Waals surface area (Å²) in [4.78, 5) is 0. The van der Waals surface area contributed by atoms with Crippen LogP contribution in [0.5, 0.6) is 5.75 Å². The summed E-state index contributed by atoms with van der Waals surface area (Å²) in [5.41, 5.74) is 1.21. The maximum atomic E-state index is 5.96. The van der Waals surface area contributed by atoms with Crippen molar-refractivity contribution < 1.29 is 4.74 Å². The highest BCUT2D eigenvalue weighted by atomic mass is 127. The van der Waals surface area contributed by atoms with Crippen LogP contribution in [0.4, 0.5) is 0 Å². The van der Waals surface area contributed by atoms with E-state index in [-0.39, 0.29) is 6.10 Å². The number of alkyl halides is 1. The molecule has 2 rings (SSSR count). The Kier molecular flexibility index (Phi) is 2.91. The van der Waals surface area contributed by atoms with Crippen LogP contribution in [-0.4, -0.2) is 12.0 Å². The van der Waals surface area contributed by atoms with Crippen molar-refractivity contribution in [1.29, 1.82) is 0 Å². The van der Waals surface area contributed by atoms with Crippen molar-refractivity contribution in [3.05, 3.63) is 26.3 Å². The first-order chi connectivity index (χ1) is 6.20. The molecule has 1 aromatic rings. The highest BCUT2D eigenvalue weighted by Gasteiger charge is 2.22. The lowest BCUT2D eigenvalue weighted by molar-refractivity contribution is 0.258. The fourth-order valence-electron chi connectivity index (χ4n) is 1.39. The van der Waals surface area contributed by atoms with Gasteiger partial charge in [-0.05, 0) is 34.2 Å². The molecule has 0 unspecified atom stereocenters. The van der Waals surface area contributed by atoms with Gasteiger partial charge in [0.05, 0.1) is 10.9 Å². The van der Waals surface area contributed by atoms with Gasteiger partial charge in [0, 0.05) is 16.1 Å². The van der Waals surface area contributed by atoms with Gasteiger partial charge < -0.3 is 4.74 Å². The van der Waals surface area contributed by atoms with Crippen LogP contribution in [0.25, 0.3) is 0 Å². The third kappa shape index (κ3) is 1.90. The summed E-state index contributed by atoms with van der Waals surface area (Å²) < 4.78 is 6.64. The average Bonchev–Trinajstić information content (AvgIpc) is 2.48. The maximum Gasteiger partial charge on any atom is 0.124 e. The highest BCUT2D eigenvalue weighted by Crippen LogP contribution is 2.34. The smallest absolute Gasteiger partial charge is 0.124 e. The number of hydrogen-bond donors (Lipinski definition) is 0. The van der Waals surface area contributed by atoms with Gasteiger partial charge in [0.1, 0.15) is 11.9 Å². The molecule has 1 heterocycles. The van der Waals surface area contributed by atoms with Gasteiger partial charge in [0.15, 0.2) is 0 Å². The number of rotatable bonds is 1. The molecule has 1 aliphatic heterocycles. The second-order valence-electron chi connectivity index (χ2n) is 2.97. The molecule has 0 saturated heterocycles. The van der Waals surface area contributed by atoms with Crippen LogP contribution >= 0.6 is 45.8 Å². The molecule has 0 spiro atoms. The minimum atomic E-state index is 0.117. The normalized spacial score (nSPS) is 19.8. The van der Waals surface area contributed by atoms with E-state index in [2.05, 4.69) is 28.7 Å². The van der Waals surface area contributed by atoms with E-state index >= 15 is 0 Å². The van der Waals surface area contributed by atoms with Crippen LogP contribution in [0, 0.1) is 3.57 Å². The number of fused-ring (bicyclic) bond motifs is 1. The molecular weight excluding hydrogens is 322 g/mol. The summed E-state index contributed by atoms with van der Waals surface area (Å²) >= 11 is 13.9. The van der Waals surface area contributed by atoms with Gasteiger partial charge in [-0.25, -0.2) is 0 Å². The van der Waals surface area contributed by atoms with Gasteiger partial charge >= 0.3 is 0 Å². The first-order valence-corrected chi connectivity index (χ1v) is 5.90. The molecule has 1 atom stereocenters. The molecule has 1 aliphatic rings. The molecular formula is C9H7Cl2IO. The summed E-state index contributed by atoms with van der Waals surface area (Å²) in [5.74, 6) is 1.42. The Labute approximate surface area is 101 Å². The Balaban J connectivity index is 2.36. The van der Waals surface area contributed by atoms with E-state index in [0.717, 1.165) is 20.8 Å². The van der Waals surface area contributed by atoms with Crippen molar-refractivity contribution in [2.45, 2.75) is 12.5 Å². The molecule has 0 aliphatic carbocycles. The largest absolute Gasteiger partial charge is 0.488 e. The lowest BCUT2D eigenvalue weighted by Crippen LogP contribution is -2.13. The van der Waals surface area contributed by atoms with Crippen LogP contribution in [-0.2, 0) is 6.42 Å². The van der Waals surface area contributed by atoms with Gasteiger partial charge in [-0.2, -0.15) is 0 Å². The predicted octanol–water partition coefficient (Wildman–Crippen LogP) is 3.49. The van der Waals surface area contributed by atoms with E-state index in [4.69, 9.17) is 27.9 Å². The Bertz CT molecular complexity index is 310. The molecule has 4 heteroatoms. The van der Waals surface area contributed by atoms with E-state index in [9.17, 15) is 0 Å². The number of halogens is 3. The van der Waals surface area contributed by atoms with E-state index in [0.29, 0.717) is 5.88 Å². The zero-order valence-electron chi connectivity index (χ0n) is 6.69. The number of benzene rings is 1.